The molecule has 2 aromatic carbocycles. The number of carbonyl (C=O) groups is 4. The molecule has 0 unspecified atom stereocenters. The van der Waals surface area contributed by atoms with E-state index >= 15 is 0 Å². The molecule has 0 aliphatic carbocycles. The Labute approximate surface area is 352 Å². The number of H-pyrrole nitrogens is 2. The van der Waals surface area contributed by atoms with Gasteiger partial charge in [0.25, 0.3) is 0 Å². The third-order valence-corrected chi connectivity index (χ3v) is 9.15. The smallest absolute Gasteiger partial charge is 0.326 e. The Morgan fingerprint density at radius 3 is 0.967 bits per heavy atom. The molecule has 4 rings (SSSR count). The van der Waals surface area contributed by atoms with Crippen molar-refractivity contribution in [1.29, 1.82) is 10.5 Å². The van der Waals surface area contributed by atoms with Gasteiger partial charge in [0.2, 0.25) is 0 Å². The van der Waals surface area contributed by atoms with E-state index in [9.17, 15) is 29.7 Å². The maximum absolute atomic E-state index is 12.7. The van der Waals surface area contributed by atoms with Gasteiger partial charge in [0.05, 0.1) is 37.8 Å². The highest BCUT2D eigenvalue weighted by Crippen LogP contribution is 2.40. The minimum Gasteiger partial charge on any atom is -0.465 e. The van der Waals surface area contributed by atoms with E-state index in [-0.39, 0.29) is 37.8 Å². The molecule has 16 nitrogen and oxygen atoms in total. The number of nitriles is 2. The van der Waals surface area contributed by atoms with Gasteiger partial charge in [0.1, 0.15) is 34.9 Å². The van der Waals surface area contributed by atoms with E-state index < -0.39 is 35.7 Å². The highest BCUT2D eigenvalue weighted by molar-refractivity contribution is 6.04. The van der Waals surface area contributed by atoms with Crippen molar-refractivity contribution in [3.63, 3.8) is 0 Å². The lowest BCUT2D eigenvalue weighted by molar-refractivity contribution is -0.158. The number of rotatable bonds is 16. The molecule has 0 atom stereocenters. The van der Waals surface area contributed by atoms with Crippen molar-refractivity contribution in [3.8, 4) is 34.4 Å². The molecule has 0 aliphatic heterocycles. The van der Waals surface area contributed by atoms with Crippen LogP contribution in [0.25, 0.3) is 22.3 Å². The van der Waals surface area contributed by atoms with Crippen molar-refractivity contribution in [1.82, 2.24) is 9.97 Å². The van der Waals surface area contributed by atoms with E-state index in [0.29, 0.717) is 45.0 Å². The van der Waals surface area contributed by atoms with Gasteiger partial charge in [-0.25, -0.2) is 0 Å². The van der Waals surface area contributed by atoms with Gasteiger partial charge >= 0.3 is 23.9 Å². The Morgan fingerprint density at radius 2 is 0.767 bits per heavy atom. The van der Waals surface area contributed by atoms with Crippen molar-refractivity contribution in [2.75, 3.05) is 102 Å². The summed E-state index contributed by atoms with van der Waals surface area (Å²) in [6, 6.07) is 19.5. The van der Waals surface area contributed by atoms with Crippen molar-refractivity contribution in [3.05, 3.63) is 71.0 Å². The quantitative estimate of drug-likeness (QED) is 0.0782. The molecular formula is C44H56N8O8. The lowest BCUT2D eigenvalue weighted by atomic mass is 9.94. The molecule has 2 heterocycles. The predicted molar refractivity (Wildman–Crippen MR) is 231 cm³/mol. The second-order valence-electron chi connectivity index (χ2n) is 14.0. The second kappa shape index (κ2) is 21.7. The van der Waals surface area contributed by atoms with Gasteiger partial charge in [0, 0.05) is 78.9 Å². The zero-order chi connectivity index (χ0) is 44.8. The number of nitrogens with one attached hydrogen (secondary N) is 2. The van der Waals surface area contributed by atoms with Crippen molar-refractivity contribution in [2.45, 2.75) is 39.5 Å². The van der Waals surface area contributed by atoms with Crippen LogP contribution in [0.3, 0.4) is 0 Å². The number of ether oxygens (including phenoxy) is 4. The first-order valence-corrected chi connectivity index (χ1v) is 19.4. The van der Waals surface area contributed by atoms with E-state index in [1.54, 1.807) is 65.7 Å². The average molecular weight is 825 g/mol. The van der Waals surface area contributed by atoms with Crippen molar-refractivity contribution in [2.24, 2.45) is 0 Å². The summed E-state index contributed by atoms with van der Waals surface area (Å²) in [5, 5.41) is 19.8. The maximum atomic E-state index is 12.7. The summed E-state index contributed by atoms with van der Waals surface area (Å²) in [6.45, 7) is 7.15. The summed E-state index contributed by atoms with van der Waals surface area (Å²) in [5.74, 6) is -4.55. The molecule has 0 radical (unpaired) electrons. The molecule has 0 saturated carbocycles. The third-order valence-electron chi connectivity index (χ3n) is 9.15. The molecule has 2 aromatic heterocycles. The molecule has 0 spiro atoms. The lowest BCUT2D eigenvalue weighted by Gasteiger charge is -2.16. The Hall–Kier alpha value is -6.94. The highest BCUT2D eigenvalue weighted by atomic mass is 16.6. The highest BCUT2D eigenvalue weighted by Gasteiger charge is 2.39. The largest absolute Gasteiger partial charge is 0.465 e. The number of hydrogen-bond donors (Lipinski definition) is 2. The van der Waals surface area contributed by atoms with E-state index in [0.717, 1.165) is 11.4 Å². The van der Waals surface area contributed by atoms with Crippen LogP contribution in [0.1, 0.15) is 62.0 Å². The van der Waals surface area contributed by atoms with Gasteiger partial charge in [-0.3, -0.25) is 19.2 Å². The predicted octanol–water partition coefficient (Wildman–Crippen LogP) is 5.79. The first kappa shape index (κ1) is 47.4. The first-order valence-electron chi connectivity index (χ1n) is 19.4. The first-order chi connectivity index (χ1) is 28.5. The Bertz CT molecular complexity index is 2000. The Balaban J connectivity index is 0.000000320. The normalized spacial score (nSPS) is 10.5. The van der Waals surface area contributed by atoms with E-state index in [4.69, 9.17) is 18.9 Å². The molecular weight excluding hydrogens is 769 g/mol. The van der Waals surface area contributed by atoms with Crippen molar-refractivity contribution < 1.29 is 38.1 Å². The number of benzene rings is 2. The Morgan fingerprint density at radius 1 is 0.500 bits per heavy atom. The number of aromatic nitrogens is 2. The van der Waals surface area contributed by atoms with E-state index in [1.165, 1.54) is 0 Å². The number of anilines is 4. The molecule has 320 valence electrons. The second-order valence-corrected chi connectivity index (χ2v) is 14.0. The standard InChI is InChI=1S/2C22H28N4O4/c2*1-7-29-21(27)18(22(28)30-8-2)19-17(16(13-23)20(24-19)26(5)6)14-9-11-15(12-10-14)25(3)4/h2*9-12,18,24H,7-8H2,1-6H3. The van der Waals surface area contributed by atoms with Crippen LogP contribution in [0, 0.1) is 22.7 Å². The number of esters is 4. The summed E-state index contributed by atoms with van der Waals surface area (Å²) in [5.41, 5.74) is 5.58. The number of nitrogens with zero attached hydrogens (tertiary/aromatic N) is 6. The van der Waals surface area contributed by atoms with Gasteiger partial charge < -0.3 is 48.5 Å². The zero-order valence-electron chi connectivity index (χ0n) is 36.6. The number of aromatic amines is 2. The van der Waals surface area contributed by atoms with E-state index in [1.807, 2.05) is 86.5 Å². The fourth-order valence-corrected chi connectivity index (χ4v) is 6.35. The minimum absolute atomic E-state index is 0.119. The van der Waals surface area contributed by atoms with Gasteiger partial charge in [-0.1, -0.05) is 24.3 Å². The van der Waals surface area contributed by atoms with Crippen molar-refractivity contribution >= 4 is 46.9 Å². The minimum atomic E-state index is -1.32. The van der Waals surface area contributed by atoms with Crippen LogP contribution in [-0.4, -0.2) is 117 Å². The van der Waals surface area contributed by atoms with Crippen LogP contribution in [0.4, 0.5) is 23.0 Å². The molecule has 0 aliphatic rings. The lowest BCUT2D eigenvalue weighted by Crippen LogP contribution is -2.27. The summed E-state index contributed by atoms with van der Waals surface area (Å²) in [7, 11) is 14.8. The zero-order valence-corrected chi connectivity index (χ0v) is 36.6. The molecule has 0 saturated heterocycles. The SMILES string of the molecule is CCOC(=O)C(C(=O)OCC)c1[nH]c(N(C)C)c(C#N)c1-c1ccc(N(C)C)cc1.CCOC(=O)C(C(=O)OCC)c1[nH]c(N(C)C)c(C#N)c1-c1ccc(N(C)C)cc1. The van der Waals surface area contributed by atoms with Crippen LogP contribution >= 0.6 is 0 Å². The third kappa shape index (κ3) is 10.8. The fraction of sp³-hybridized carbons (Fsp3) is 0.409. The molecule has 0 amide bonds. The monoisotopic (exact) mass is 824 g/mol. The Kier molecular flexibility index (Phi) is 17.2. The summed E-state index contributed by atoms with van der Waals surface area (Å²) >= 11 is 0. The molecule has 2 N–H and O–H groups in total. The van der Waals surface area contributed by atoms with Crippen LogP contribution in [0.2, 0.25) is 0 Å². The van der Waals surface area contributed by atoms with Crippen LogP contribution in [0.5, 0.6) is 0 Å². The van der Waals surface area contributed by atoms with Gasteiger partial charge in [0.15, 0.2) is 11.8 Å². The van der Waals surface area contributed by atoms with Gasteiger partial charge in [-0.2, -0.15) is 10.5 Å². The average Bonchev–Trinajstić information content (AvgIpc) is 3.78. The molecule has 0 bridgehead atoms. The molecule has 4 aromatic rings. The number of hydrogen-bond acceptors (Lipinski definition) is 14. The van der Waals surface area contributed by atoms with Crippen LogP contribution in [-0.2, 0) is 38.1 Å². The molecule has 60 heavy (non-hydrogen) atoms. The van der Waals surface area contributed by atoms with Gasteiger partial charge in [-0.15, -0.1) is 0 Å². The van der Waals surface area contributed by atoms with E-state index in [2.05, 4.69) is 22.1 Å². The maximum Gasteiger partial charge on any atom is 0.326 e. The molecule has 0 fully saturated rings. The number of carbonyl (C=O) groups excluding carboxylic acids is 4. The summed E-state index contributed by atoms with van der Waals surface area (Å²) in [4.78, 5) is 64.5. The van der Waals surface area contributed by atoms with Crippen LogP contribution in [0.15, 0.2) is 48.5 Å². The van der Waals surface area contributed by atoms with Crippen LogP contribution < -0.4 is 19.6 Å². The van der Waals surface area contributed by atoms with Gasteiger partial charge in [-0.05, 0) is 63.1 Å². The topological polar surface area (TPSA) is 197 Å². The fourth-order valence-electron chi connectivity index (χ4n) is 6.35. The molecule has 16 heteroatoms. The summed E-state index contributed by atoms with van der Waals surface area (Å²) < 4.78 is 20.6. The summed E-state index contributed by atoms with van der Waals surface area (Å²) in [6.07, 6.45) is 0.